The molecule has 0 rings (SSSR count). The fourth-order valence-corrected chi connectivity index (χ4v) is 1.76. The van der Waals surface area contributed by atoms with Crippen molar-refractivity contribution in [3.63, 3.8) is 0 Å². The number of hydrogen-bond donors (Lipinski definition) is 5. The average molecular weight is 276 g/mol. The van der Waals surface area contributed by atoms with Crippen LogP contribution in [0.2, 0.25) is 0 Å². The van der Waals surface area contributed by atoms with Crippen LogP contribution in [-0.2, 0) is 9.59 Å². The molecular weight excluding hydrogens is 252 g/mol. The minimum Gasteiger partial charge on any atom is -0.370 e. The SMILES string of the molecule is CC(CCCCCCCC(N)=O)(C(N)=O)C(O)(O)O. The van der Waals surface area contributed by atoms with Gasteiger partial charge in [-0.05, 0) is 19.8 Å². The first-order valence-corrected chi connectivity index (χ1v) is 6.36. The van der Waals surface area contributed by atoms with Crippen LogP contribution in [0.4, 0.5) is 0 Å². The Morgan fingerprint density at radius 1 is 0.947 bits per heavy atom. The van der Waals surface area contributed by atoms with Crippen LogP contribution in [0, 0.1) is 5.41 Å². The number of hydrogen-bond acceptors (Lipinski definition) is 5. The minimum atomic E-state index is -3.12. The van der Waals surface area contributed by atoms with E-state index >= 15 is 0 Å². The number of carbonyl (C=O) groups excluding carboxylic acids is 2. The number of unbranched alkanes of at least 4 members (excludes halogenated alkanes) is 4. The van der Waals surface area contributed by atoms with E-state index in [9.17, 15) is 9.59 Å². The van der Waals surface area contributed by atoms with Gasteiger partial charge in [-0.3, -0.25) is 9.59 Å². The monoisotopic (exact) mass is 276 g/mol. The van der Waals surface area contributed by atoms with E-state index in [1.165, 1.54) is 6.92 Å². The smallest absolute Gasteiger partial charge is 0.290 e. The molecule has 0 saturated carbocycles. The summed E-state index contributed by atoms with van der Waals surface area (Å²) in [5.41, 5.74) is 8.29. The predicted octanol–water partition coefficient (Wildman–Crippen LogP) is -0.675. The first-order chi connectivity index (χ1) is 8.61. The van der Waals surface area contributed by atoms with Crippen LogP contribution in [0.1, 0.15) is 51.9 Å². The van der Waals surface area contributed by atoms with E-state index in [0.717, 1.165) is 19.3 Å². The zero-order valence-electron chi connectivity index (χ0n) is 11.3. The minimum absolute atomic E-state index is 0.0711. The lowest BCUT2D eigenvalue weighted by atomic mass is 9.81. The van der Waals surface area contributed by atoms with Gasteiger partial charge in [0.2, 0.25) is 11.8 Å². The second kappa shape index (κ2) is 7.42. The van der Waals surface area contributed by atoms with E-state index in [1.807, 2.05) is 0 Å². The molecule has 112 valence electrons. The highest BCUT2D eigenvalue weighted by atomic mass is 16.7. The van der Waals surface area contributed by atoms with Crippen molar-refractivity contribution in [1.82, 2.24) is 0 Å². The van der Waals surface area contributed by atoms with Crippen molar-refractivity contribution in [2.45, 2.75) is 57.8 Å². The maximum absolute atomic E-state index is 11.2. The van der Waals surface area contributed by atoms with Crippen molar-refractivity contribution in [3.05, 3.63) is 0 Å². The summed E-state index contributed by atoms with van der Waals surface area (Å²) in [4.78, 5) is 21.7. The highest BCUT2D eigenvalue weighted by molar-refractivity contribution is 5.81. The zero-order chi connectivity index (χ0) is 15.1. The summed E-state index contributed by atoms with van der Waals surface area (Å²) in [5, 5.41) is 27.5. The quantitative estimate of drug-likeness (QED) is 0.265. The second-order valence-corrected chi connectivity index (χ2v) is 5.07. The Morgan fingerprint density at radius 3 is 1.84 bits per heavy atom. The molecule has 0 saturated heterocycles. The molecule has 2 amide bonds. The third kappa shape index (κ3) is 6.00. The molecular formula is C12H24N2O5. The summed E-state index contributed by atoms with van der Waals surface area (Å²) in [6.45, 7) is 1.21. The average Bonchev–Trinajstić information content (AvgIpc) is 2.25. The van der Waals surface area contributed by atoms with Gasteiger partial charge in [0.05, 0.1) is 0 Å². The van der Waals surface area contributed by atoms with Crippen molar-refractivity contribution < 1.29 is 24.9 Å². The maximum atomic E-state index is 11.2. The number of nitrogens with two attached hydrogens (primary N) is 2. The molecule has 0 spiro atoms. The van der Waals surface area contributed by atoms with Crippen molar-refractivity contribution in [2.75, 3.05) is 0 Å². The number of amides is 2. The summed E-state index contributed by atoms with van der Waals surface area (Å²) >= 11 is 0. The van der Waals surface area contributed by atoms with Crippen LogP contribution in [-0.4, -0.2) is 33.1 Å². The number of rotatable bonds is 10. The van der Waals surface area contributed by atoms with Gasteiger partial charge in [0.25, 0.3) is 5.97 Å². The summed E-state index contributed by atoms with van der Waals surface area (Å²) in [7, 11) is 0. The maximum Gasteiger partial charge on any atom is 0.290 e. The molecule has 0 aliphatic heterocycles. The Kier molecular flexibility index (Phi) is 6.96. The first-order valence-electron chi connectivity index (χ1n) is 6.36. The van der Waals surface area contributed by atoms with Crippen LogP contribution in [0.5, 0.6) is 0 Å². The molecule has 7 heteroatoms. The van der Waals surface area contributed by atoms with E-state index in [1.54, 1.807) is 0 Å². The van der Waals surface area contributed by atoms with Gasteiger partial charge in [-0.15, -0.1) is 0 Å². The van der Waals surface area contributed by atoms with E-state index in [4.69, 9.17) is 26.8 Å². The normalized spacial score (nSPS) is 14.9. The first kappa shape index (κ1) is 17.8. The zero-order valence-corrected chi connectivity index (χ0v) is 11.3. The molecule has 0 heterocycles. The Labute approximate surface area is 112 Å². The van der Waals surface area contributed by atoms with Crippen LogP contribution in [0.3, 0.4) is 0 Å². The van der Waals surface area contributed by atoms with Crippen LogP contribution >= 0.6 is 0 Å². The molecule has 0 aliphatic carbocycles. The standard InChI is InChI=1S/C12H24N2O5/c1-11(10(14)16,12(17,18)19)8-6-4-2-3-5-7-9(13)15/h17-19H,2-8H2,1H3,(H2,13,15)(H2,14,16). The molecule has 0 aromatic heterocycles. The molecule has 0 aliphatic rings. The lowest BCUT2D eigenvalue weighted by molar-refractivity contribution is -0.361. The molecule has 0 aromatic carbocycles. The fraction of sp³-hybridized carbons (Fsp3) is 0.833. The van der Waals surface area contributed by atoms with Gasteiger partial charge in [0, 0.05) is 6.42 Å². The number of carbonyl (C=O) groups is 2. The van der Waals surface area contributed by atoms with E-state index in [-0.39, 0.29) is 12.3 Å². The van der Waals surface area contributed by atoms with Crippen LogP contribution in [0.25, 0.3) is 0 Å². The Bertz CT molecular complexity index is 314. The molecule has 19 heavy (non-hydrogen) atoms. The third-order valence-corrected chi connectivity index (χ3v) is 3.38. The van der Waals surface area contributed by atoms with Crippen molar-refractivity contribution in [2.24, 2.45) is 16.9 Å². The number of primary amides is 2. The van der Waals surface area contributed by atoms with E-state index in [2.05, 4.69) is 0 Å². The Morgan fingerprint density at radius 2 is 1.42 bits per heavy atom. The predicted molar refractivity (Wildman–Crippen MR) is 68.2 cm³/mol. The molecule has 7 nitrogen and oxygen atoms in total. The molecule has 0 bridgehead atoms. The molecule has 0 radical (unpaired) electrons. The summed E-state index contributed by atoms with van der Waals surface area (Å²) in [6, 6.07) is 0. The van der Waals surface area contributed by atoms with Crippen LogP contribution < -0.4 is 11.5 Å². The van der Waals surface area contributed by atoms with Crippen molar-refractivity contribution in [3.8, 4) is 0 Å². The van der Waals surface area contributed by atoms with E-state index in [0.29, 0.717) is 19.3 Å². The lowest BCUT2D eigenvalue weighted by Crippen LogP contribution is -2.54. The van der Waals surface area contributed by atoms with E-state index < -0.39 is 17.3 Å². The van der Waals surface area contributed by atoms with Crippen LogP contribution in [0.15, 0.2) is 0 Å². The topological polar surface area (TPSA) is 147 Å². The molecule has 1 unspecified atom stereocenters. The molecule has 7 N–H and O–H groups in total. The van der Waals surface area contributed by atoms with Crippen molar-refractivity contribution >= 4 is 11.8 Å². The van der Waals surface area contributed by atoms with Gasteiger partial charge < -0.3 is 26.8 Å². The Balaban J connectivity index is 3.97. The highest BCUT2D eigenvalue weighted by Gasteiger charge is 2.49. The molecule has 1 atom stereocenters. The van der Waals surface area contributed by atoms with Gasteiger partial charge in [0.1, 0.15) is 5.41 Å². The Hall–Kier alpha value is -1.18. The van der Waals surface area contributed by atoms with Gasteiger partial charge in [0.15, 0.2) is 0 Å². The summed E-state index contributed by atoms with van der Waals surface area (Å²) < 4.78 is 0. The summed E-state index contributed by atoms with van der Waals surface area (Å²) in [5.74, 6) is -4.41. The summed E-state index contributed by atoms with van der Waals surface area (Å²) in [6.07, 6.45) is 4.05. The highest BCUT2D eigenvalue weighted by Crippen LogP contribution is 2.33. The third-order valence-electron chi connectivity index (χ3n) is 3.38. The van der Waals surface area contributed by atoms with Gasteiger partial charge in [-0.2, -0.15) is 0 Å². The van der Waals surface area contributed by atoms with Gasteiger partial charge in [-0.25, -0.2) is 0 Å². The second-order valence-electron chi connectivity index (χ2n) is 5.07. The molecule has 0 fully saturated rings. The van der Waals surface area contributed by atoms with Gasteiger partial charge >= 0.3 is 0 Å². The lowest BCUT2D eigenvalue weighted by Gasteiger charge is -2.33. The molecule has 0 aromatic rings. The van der Waals surface area contributed by atoms with Crippen molar-refractivity contribution in [1.29, 1.82) is 0 Å². The largest absolute Gasteiger partial charge is 0.370 e. The van der Waals surface area contributed by atoms with Gasteiger partial charge in [-0.1, -0.05) is 25.7 Å². The fourth-order valence-electron chi connectivity index (χ4n) is 1.76. The number of aliphatic hydroxyl groups is 3.